The number of hydrogen-bond acceptors (Lipinski definition) is 1. The van der Waals surface area contributed by atoms with E-state index in [1.165, 1.54) is 12.1 Å². The molecule has 1 aromatic carbocycles. The molecule has 0 aromatic heterocycles. The summed E-state index contributed by atoms with van der Waals surface area (Å²) in [5, 5.41) is 0. The van der Waals surface area contributed by atoms with Gasteiger partial charge in [0.2, 0.25) is 0 Å². The first kappa shape index (κ1) is 8.65. The summed E-state index contributed by atoms with van der Waals surface area (Å²) in [6.45, 7) is 8.92. The van der Waals surface area contributed by atoms with Crippen molar-refractivity contribution in [3.05, 3.63) is 36.2 Å². The third-order valence-corrected chi connectivity index (χ3v) is 1.59. The van der Waals surface area contributed by atoms with Crippen molar-refractivity contribution >= 4 is 18.0 Å². The Bertz CT molecular complexity index is 329. The molecule has 0 aliphatic heterocycles. The molecular weight excluding hydrogens is 153 g/mol. The first-order valence-electron chi connectivity index (χ1n) is 3.57. The van der Waals surface area contributed by atoms with Gasteiger partial charge in [-0.25, -0.2) is 4.39 Å². The van der Waals surface area contributed by atoms with Crippen molar-refractivity contribution in [1.29, 1.82) is 0 Å². The van der Waals surface area contributed by atoms with Crippen molar-refractivity contribution in [3.63, 3.8) is 0 Å². The number of hydrogen-bond donors (Lipinski definition) is 0. The lowest BCUT2D eigenvalue weighted by Crippen LogP contribution is -1.81. The van der Waals surface area contributed by atoms with E-state index in [-0.39, 0.29) is 5.82 Å². The predicted octanol–water partition coefficient (Wildman–Crippen LogP) is 3.19. The van der Waals surface area contributed by atoms with Gasteiger partial charge < -0.3 is 0 Å². The zero-order chi connectivity index (χ0) is 9.14. The molecule has 0 fully saturated rings. The van der Waals surface area contributed by atoms with Crippen molar-refractivity contribution in [3.8, 4) is 0 Å². The smallest absolute Gasteiger partial charge is 0.123 e. The Kier molecular flexibility index (Phi) is 2.38. The van der Waals surface area contributed by atoms with E-state index in [1.807, 2.05) is 6.92 Å². The van der Waals surface area contributed by atoms with Crippen LogP contribution in [0.25, 0.3) is 5.57 Å². The van der Waals surface area contributed by atoms with Gasteiger partial charge in [-0.05, 0) is 37.4 Å². The number of aliphatic imine (C=N–C) groups is 1. The average molecular weight is 163 g/mol. The van der Waals surface area contributed by atoms with Crippen molar-refractivity contribution < 1.29 is 4.39 Å². The van der Waals surface area contributed by atoms with E-state index in [1.54, 1.807) is 6.07 Å². The Balaban J connectivity index is 3.30. The SMILES string of the molecule is C=Nc1ccc(F)cc1C(=C)C. The Hall–Kier alpha value is -1.44. The molecule has 62 valence electrons. The maximum Gasteiger partial charge on any atom is 0.123 e. The fourth-order valence-electron chi connectivity index (χ4n) is 0.988. The second-order valence-corrected chi connectivity index (χ2v) is 2.60. The molecule has 0 saturated carbocycles. The third-order valence-electron chi connectivity index (χ3n) is 1.59. The maximum atomic E-state index is 12.7. The lowest BCUT2D eigenvalue weighted by molar-refractivity contribution is 0.627. The van der Waals surface area contributed by atoms with Crippen LogP contribution >= 0.6 is 0 Å². The van der Waals surface area contributed by atoms with Gasteiger partial charge in [-0.15, -0.1) is 0 Å². The molecule has 1 aromatic rings. The lowest BCUT2D eigenvalue weighted by Gasteiger charge is -2.03. The van der Waals surface area contributed by atoms with E-state index in [9.17, 15) is 4.39 Å². The van der Waals surface area contributed by atoms with Crippen LogP contribution in [0.2, 0.25) is 0 Å². The second kappa shape index (κ2) is 3.30. The number of halogens is 1. The van der Waals surface area contributed by atoms with Crippen LogP contribution in [-0.2, 0) is 0 Å². The Morgan fingerprint density at radius 1 is 1.50 bits per heavy atom. The highest BCUT2D eigenvalue weighted by Gasteiger charge is 2.02. The fourth-order valence-corrected chi connectivity index (χ4v) is 0.988. The van der Waals surface area contributed by atoms with Gasteiger partial charge in [0, 0.05) is 5.56 Å². The van der Waals surface area contributed by atoms with Crippen LogP contribution < -0.4 is 0 Å². The van der Waals surface area contributed by atoms with Gasteiger partial charge in [0.1, 0.15) is 5.82 Å². The van der Waals surface area contributed by atoms with Crippen LogP contribution in [-0.4, -0.2) is 6.72 Å². The summed E-state index contributed by atoms with van der Waals surface area (Å²) in [5.74, 6) is -0.277. The van der Waals surface area contributed by atoms with Gasteiger partial charge >= 0.3 is 0 Å². The molecule has 0 radical (unpaired) electrons. The zero-order valence-electron chi connectivity index (χ0n) is 6.97. The number of nitrogens with zero attached hydrogens (tertiary/aromatic N) is 1. The first-order valence-corrected chi connectivity index (χ1v) is 3.57. The van der Waals surface area contributed by atoms with Gasteiger partial charge in [-0.2, -0.15) is 0 Å². The van der Waals surface area contributed by atoms with Gasteiger partial charge in [-0.3, -0.25) is 4.99 Å². The summed E-state index contributed by atoms with van der Waals surface area (Å²) >= 11 is 0. The van der Waals surface area contributed by atoms with Crippen molar-refractivity contribution in [2.45, 2.75) is 6.92 Å². The highest BCUT2D eigenvalue weighted by molar-refractivity contribution is 5.73. The summed E-state index contributed by atoms with van der Waals surface area (Å²) in [4.78, 5) is 3.76. The molecule has 2 heteroatoms. The molecule has 0 atom stereocenters. The minimum atomic E-state index is -0.277. The summed E-state index contributed by atoms with van der Waals surface area (Å²) in [7, 11) is 0. The largest absolute Gasteiger partial charge is 0.264 e. The quantitative estimate of drug-likeness (QED) is 0.594. The molecule has 0 aliphatic carbocycles. The Morgan fingerprint density at radius 2 is 2.17 bits per heavy atom. The lowest BCUT2D eigenvalue weighted by atomic mass is 10.1. The number of rotatable bonds is 2. The average Bonchev–Trinajstić information content (AvgIpc) is 2.04. The Labute approximate surface area is 71.3 Å². The van der Waals surface area contributed by atoms with Crippen molar-refractivity contribution in [2.75, 3.05) is 0 Å². The van der Waals surface area contributed by atoms with E-state index in [0.717, 1.165) is 5.57 Å². The van der Waals surface area contributed by atoms with Crippen LogP contribution in [0.1, 0.15) is 12.5 Å². The first-order chi connectivity index (χ1) is 5.65. The van der Waals surface area contributed by atoms with E-state index in [2.05, 4.69) is 18.3 Å². The molecule has 0 spiro atoms. The van der Waals surface area contributed by atoms with Crippen LogP contribution in [0.4, 0.5) is 10.1 Å². The molecule has 0 heterocycles. The molecular formula is C10H10FN. The Morgan fingerprint density at radius 3 is 2.67 bits per heavy atom. The van der Waals surface area contributed by atoms with Crippen molar-refractivity contribution in [1.82, 2.24) is 0 Å². The third kappa shape index (κ3) is 1.59. The number of benzene rings is 1. The van der Waals surface area contributed by atoms with Gasteiger partial charge in [-0.1, -0.05) is 6.58 Å². The van der Waals surface area contributed by atoms with Crippen LogP contribution in [0, 0.1) is 5.82 Å². The topological polar surface area (TPSA) is 12.4 Å². The monoisotopic (exact) mass is 163 g/mol. The van der Waals surface area contributed by atoms with E-state index >= 15 is 0 Å². The molecule has 0 N–H and O–H groups in total. The van der Waals surface area contributed by atoms with Crippen LogP contribution in [0.3, 0.4) is 0 Å². The van der Waals surface area contributed by atoms with E-state index in [4.69, 9.17) is 0 Å². The maximum absolute atomic E-state index is 12.7. The summed E-state index contributed by atoms with van der Waals surface area (Å²) in [6.07, 6.45) is 0. The van der Waals surface area contributed by atoms with E-state index in [0.29, 0.717) is 11.3 Å². The highest BCUT2D eigenvalue weighted by atomic mass is 19.1. The van der Waals surface area contributed by atoms with Gasteiger partial charge in [0.25, 0.3) is 0 Å². The molecule has 1 nitrogen and oxygen atoms in total. The molecule has 1 rings (SSSR count). The summed E-state index contributed by atoms with van der Waals surface area (Å²) < 4.78 is 12.7. The normalized spacial score (nSPS) is 9.50. The van der Waals surface area contributed by atoms with Crippen LogP contribution in [0.15, 0.2) is 29.8 Å². The van der Waals surface area contributed by atoms with E-state index < -0.39 is 0 Å². The number of allylic oxidation sites excluding steroid dienone is 1. The van der Waals surface area contributed by atoms with Crippen LogP contribution in [0.5, 0.6) is 0 Å². The molecule has 0 saturated heterocycles. The fraction of sp³-hybridized carbons (Fsp3) is 0.100. The molecule has 0 bridgehead atoms. The minimum Gasteiger partial charge on any atom is -0.264 e. The second-order valence-electron chi connectivity index (χ2n) is 2.60. The molecule has 0 aliphatic rings. The molecule has 0 amide bonds. The summed E-state index contributed by atoms with van der Waals surface area (Å²) in [5.41, 5.74) is 2.17. The predicted molar refractivity (Wildman–Crippen MR) is 50.3 cm³/mol. The zero-order valence-corrected chi connectivity index (χ0v) is 6.97. The van der Waals surface area contributed by atoms with Crippen molar-refractivity contribution in [2.24, 2.45) is 4.99 Å². The van der Waals surface area contributed by atoms with Gasteiger partial charge in [0.05, 0.1) is 5.69 Å². The standard InChI is InChI=1S/C10H10FN/c1-7(2)9-6-8(11)4-5-10(9)12-3/h4-6H,1,3H2,2H3. The van der Waals surface area contributed by atoms with Gasteiger partial charge in [0.15, 0.2) is 0 Å². The molecule has 0 unspecified atom stereocenters. The highest BCUT2D eigenvalue weighted by Crippen LogP contribution is 2.25. The summed E-state index contributed by atoms with van der Waals surface area (Å²) in [6, 6.07) is 4.36. The minimum absolute atomic E-state index is 0.277. The molecule has 12 heavy (non-hydrogen) atoms.